The Bertz CT molecular complexity index is 1700. The number of carbonyl (C=O) groups is 1. The first-order valence-corrected chi connectivity index (χ1v) is 13.3. The molecule has 5 aromatic rings. The number of para-hydroxylation sites is 1. The van der Waals surface area contributed by atoms with Crippen molar-refractivity contribution in [1.82, 2.24) is 24.7 Å². The minimum absolute atomic E-state index is 0.151. The molecule has 0 bridgehead atoms. The maximum absolute atomic E-state index is 13.7. The van der Waals surface area contributed by atoms with Crippen LogP contribution in [0.5, 0.6) is 5.75 Å². The maximum Gasteiger partial charge on any atom is 0.272 e. The van der Waals surface area contributed by atoms with Crippen LogP contribution >= 0.6 is 11.3 Å². The van der Waals surface area contributed by atoms with Gasteiger partial charge in [0.05, 0.1) is 22.7 Å². The number of hydrazine groups is 1. The van der Waals surface area contributed by atoms with E-state index >= 15 is 0 Å². The molecule has 6 rings (SSSR count). The summed E-state index contributed by atoms with van der Waals surface area (Å²) < 4.78 is 8.15. The molecule has 1 saturated heterocycles. The summed E-state index contributed by atoms with van der Waals surface area (Å²) in [5.41, 5.74) is 5.32. The van der Waals surface area contributed by atoms with Gasteiger partial charge in [-0.3, -0.25) is 19.4 Å². The van der Waals surface area contributed by atoms with E-state index in [0.717, 1.165) is 34.6 Å². The van der Waals surface area contributed by atoms with Gasteiger partial charge in [-0.05, 0) is 49.0 Å². The van der Waals surface area contributed by atoms with Crippen LogP contribution in [0.1, 0.15) is 15.9 Å². The van der Waals surface area contributed by atoms with Crippen LogP contribution in [0.25, 0.3) is 26.1 Å². The average Bonchev–Trinajstić information content (AvgIpc) is 3.32. The zero-order chi connectivity index (χ0) is 26.2. The van der Waals surface area contributed by atoms with Gasteiger partial charge in [0.1, 0.15) is 22.0 Å². The molecule has 2 N–H and O–H groups in total. The summed E-state index contributed by atoms with van der Waals surface area (Å²) in [5, 5.41) is 5.65. The molecule has 0 unspecified atom stereocenters. The number of nitrogens with zero attached hydrogens (tertiary/aromatic N) is 4. The van der Waals surface area contributed by atoms with Crippen molar-refractivity contribution in [2.24, 2.45) is 0 Å². The van der Waals surface area contributed by atoms with Crippen LogP contribution in [-0.4, -0.2) is 65.5 Å². The molecule has 1 aliphatic rings. The van der Waals surface area contributed by atoms with Crippen molar-refractivity contribution in [2.45, 2.75) is 6.54 Å². The number of fused-ring (bicyclic) bond motifs is 5. The summed E-state index contributed by atoms with van der Waals surface area (Å²) in [7, 11) is 3.70. The van der Waals surface area contributed by atoms with Gasteiger partial charge < -0.3 is 15.0 Å². The summed E-state index contributed by atoms with van der Waals surface area (Å²) >= 11 is 1.43. The van der Waals surface area contributed by atoms with Crippen molar-refractivity contribution in [1.29, 1.82) is 0 Å². The Labute approximate surface area is 223 Å². The molecule has 1 aliphatic heterocycles. The third-order valence-corrected chi connectivity index (χ3v) is 8.06. The Morgan fingerprint density at radius 3 is 2.55 bits per heavy atom. The summed E-state index contributed by atoms with van der Waals surface area (Å²) in [5.74, 6) is 1.06. The number of piperazine rings is 1. The molecule has 0 atom stereocenters. The fraction of sp³-hybridized carbons (Fsp3) is 0.250. The van der Waals surface area contributed by atoms with Gasteiger partial charge in [-0.1, -0.05) is 24.3 Å². The van der Waals surface area contributed by atoms with Gasteiger partial charge in [0.15, 0.2) is 5.65 Å². The van der Waals surface area contributed by atoms with Crippen molar-refractivity contribution >= 4 is 49.1 Å². The van der Waals surface area contributed by atoms with Crippen LogP contribution in [0.15, 0.2) is 65.5 Å². The zero-order valence-electron chi connectivity index (χ0n) is 21.2. The molecule has 10 heteroatoms. The molecule has 0 saturated carbocycles. The van der Waals surface area contributed by atoms with E-state index in [0.29, 0.717) is 41.3 Å². The number of thiazole rings is 1. The van der Waals surface area contributed by atoms with E-state index in [1.807, 2.05) is 57.9 Å². The van der Waals surface area contributed by atoms with Crippen LogP contribution in [-0.2, 0) is 6.54 Å². The molecule has 194 valence electrons. The van der Waals surface area contributed by atoms with Crippen molar-refractivity contribution in [3.05, 3.63) is 82.0 Å². The molecule has 0 radical (unpaired) electrons. The number of pyridine rings is 2. The molecule has 1 amide bonds. The Morgan fingerprint density at radius 2 is 1.79 bits per heavy atom. The number of methoxy groups -OCH3 is 1. The Hall–Kier alpha value is -3.99. The standard InChI is InChI=1S/C28H28N6O3S/c1-32-13-15-33(16-14-32)31-27(36)24-25(35)20-11-12-23(29-17-18-7-9-19(37-2)10-8-18)30-26(20)34-21-5-3-4-6-22(21)38-28(24)34/h3-12H,13-17H2,1-2H3,(H,29,30)(H,31,36). The SMILES string of the molecule is COc1ccc(CNc2ccc3c(=O)c(C(=O)NN4CCN(C)CC4)c4sc5ccccc5n4c3n2)cc1. The first-order chi connectivity index (χ1) is 18.5. The minimum atomic E-state index is -0.382. The van der Waals surface area contributed by atoms with E-state index in [1.165, 1.54) is 11.3 Å². The number of aromatic nitrogens is 2. The predicted molar refractivity (Wildman–Crippen MR) is 151 cm³/mol. The third-order valence-electron chi connectivity index (χ3n) is 6.91. The molecule has 38 heavy (non-hydrogen) atoms. The van der Waals surface area contributed by atoms with E-state index in [-0.39, 0.29) is 16.9 Å². The number of rotatable bonds is 6. The number of likely N-dealkylation sites (N-methyl/N-ethyl adjacent to an activating group) is 1. The van der Waals surface area contributed by atoms with Crippen LogP contribution in [0.2, 0.25) is 0 Å². The Balaban J connectivity index is 1.42. The lowest BCUT2D eigenvalue weighted by Gasteiger charge is -2.32. The smallest absolute Gasteiger partial charge is 0.272 e. The highest BCUT2D eigenvalue weighted by atomic mass is 32.1. The summed E-state index contributed by atoms with van der Waals surface area (Å²) in [6.07, 6.45) is 0. The van der Waals surface area contributed by atoms with E-state index in [9.17, 15) is 9.59 Å². The van der Waals surface area contributed by atoms with Gasteiger partial charge in [0.25, 0.3) is 5.91 Å². The average molecular weight is 529 g/mol. The first kappa shape index (κ1) is 24.4. The highest BCUT2D eigenvalue weighted by molar-refractivity contribution is 7.24. The fourth-order valence-electron chi connectivity index (χ4n) is 4.74. The van der Waals surface area contributed by atoms with Gasteiger partial charge in [-0.2, -0.15) is 0 Å². The van der Waals surface area contributed by atoms with E-state index in [2.05, 4.69) is 22.7 Å². The van der Waals surface area contributed by atoms with E-state index in [4.69, 9.17) is 9.72 Å². The lowest BCUT2D eigenvalue weighted by Crippen LogP contribution is -2.53. The number of benzene rings is 2. The van der Waals surface area contributed by atoms with Crippen molar-refractivity contribution in [3.8, 4) is 5.75 Å². The minimum Gasteiger partial charge on any atom is -0.497 e. The Morgan fingerprint density at radius 1 is 1.03 bits per heavy atom. The second kappa shape index (κ2) is 10.1. The van der Waals surface area contributed by atoms with E-state index in [1.54, 1.807) is 19.2 Å². The van der Waals surface area contributed by atoms with Crippen LogP contribution in [0, 0.1) is 0 Å². The number of nitrogens with one attached hydrogen (secondary N) is 2. The van der Waals surface area contributed by atoms with Gasteiger partial charge >= 0.3 is 0 Å². The van der Waals surface area contributed by atoms with Gasteiger partial charge in [-0.15, -0.1) is 11.3 Å². The van der Waals surface area contributed by atoms with Crippen molar-refractivity contribution in [3.63, 3.8) is 0 Å². The molecule has 9 nitrogen and oxygen atoms in total. The molecule has 1 fully saturated rings. The van der Waals surface area contributed by atoms with Crippen molar-refractivity contribution in [2.75, 3.05) is 45.7 Å². The second-order valence-electron chi connectivity index (χ2n) is 9.42. The van der Waals surface area contributed by atoms with E-state index < -0.39 is 0 Å². The highest BCUT2D eigenvalue weighted by Crippen LogP contribution is 2.31. The molecular weight excluding hydrogens is 500 g/mol. The number of amides is 1. The van der Waals surface area contributed by atoms with Crippen LogP contribution in [0.4, 0.5) is 5.82 Å². The summed E-state index contributed by atoms with van der Waals surface area (Å²) in [4.78, 5) is 34.9. The molecule has 0 spiro atoms. The first-order valence-electron chi connectivity index (χ1n) is 12.5. The van der Waals surface area contributed by atoms with Crippen molar-refractivity contribution < 1.29 is 9.53 Å². The maximum atomic E-state index is 13.7. The number of hydrogen-bond acceptors (Lipinski definition) is 8. The normalized spacial score (nSPS) is 14.8. The molecule has 0 aliphatic carbocycles. The lowest BCUT2D eigenvalue weighted by atomic mass is 10.1. The number of anilines is 1. The quantitative estimate of drug-likeness (QED) is 0.348. The van der Waals surface area contributed by atoms with Gasteiger partial charge in [0.2, 0.25) is 5.43 Å². The van der Waals surface area contributed by atoms with Crippen LogP contribution in [0.3, 0.4) is 0 Å². The van der Waals surface area contributed by atoms with Gasteiger partial charge in [-0.25, -0.2) is 9.99 Å². The van der Waals surface area contributed by atoms with Gasteiger partial charge in [0, 0.05) is 32.7 Å². The second-order valence-corrected chi connectivity index (χ2v) is 10.4. The van der Waals surface area contributed by atoms with Crippen LogP contribution < -0.4 is 20.9 Å². The largest absolute Gasteiger partial charge is 0.497 e. The molecule has 2 aromatic carbocycles. The summed E-state index contributed by atoms with van der Waals surface area (Å²) in [6.45, 7) is 3.68. The zero-order valence-corrected chi connectivity index (χ0v) is 22.0. The third kappa shape index (κ3) is 4.47. The number of hydrogen-bond donors (Lipinski definition) is 2. The number of ether oxygens (including phenoxy) is 1. The lowest BCUT2D eigenvalue weighted by molar-refractivity contribution is 0.0663. The predicted octanol–water partition coefficient (Wildman–Crippen LogP) is 3.58. The fourth-order valence-corrected chi connectivity index (χ4v) is 5.92. The Kier molecular flexibility index (Phi) is 6.44. The highest BCUT2D eigenvalue weighted by Gasteiger charge is 2.25. The summed E-state index contributed by atoms with van der Waals surface area (Å²) in [6, 6.07) is 19.3. The molecular formula is C28H28N6O3S. The molecule has 4 heterocycles. The monoisotopic (exact) mass is 528 g/mol. The molecule has 3 aromatic heterocycles. The topological polar surface area (TPSA) is 91.2 Å². The number of carbonyl (C=O) groups excluding carboxylic acids is 1.